The molecule has 0 aromatic carbocycles. The molecule has 0 aliphatic heterocycles. The Labute approximate surface area is 95.3 Å². The van der Waals surface area contributed by atoms with Crippen LogP contribution in [0.3, 0.4) is 0 Å². The summed E-state index contributed by atoms with van der Waals surface area (Å²) < 4.78 is 0. The molecule has 0 spiro atoms. The molecule has 0 bridgehead atoms. The zero-order valence-corrected chi connectivity index (χ0v) is 9.69. The second-order valence-electron chi connectivity index (χ2n) is 3.83. The molecule has 0 atom stereocenters. The van der Waals surface area contributed by atoms with Gasteiger partial charge in [-0.15, -0.1) is 0 Å². The van der Waals surface area contributed by atoms with Crippen LogP contribution in [0.1, 0.15) is 39.5 Å². The predicted octanol–water partition coefficient (Wildman–Crippen LogP) is 2.61. The molecule has 0 saturated carbocycles. The van der Waals surface area contributed by atoms with E-state index in [0.717, 1.165) is 30.4 Å². The van der Waals surface area contributed by atoms with Crippen molar-refractivity contribution in [1.29, 1.82) is 0 Å². The first kappa shape index (κ1) is 14.4. The third-order valence-electron chi connectivity index (χ3n) is 2.14. The van der Waals surface area contributed by atoms with Gasteiger partial charge in [0.15, 0.2) is 0 Å². The highest BCUT2D eigenvalue weighted by Gasteiger charge is 1.97. The summed E-state index contributed by atoms with van der Waals surface area (Å²) in [5, 5.41) is 16.9. The van der Waals surface area contributed by atoms with E-state index in [1.54, 1.807) is 13.0 Å². The van der Waals surface area contributed by atoms with Crippen molar-refractivity contribution >= 4 is 11.9 Å². The number of allylic oxidation sites excluding steroid dienone is 2. The summed E-state index contributed by atoms with van der Waals surface area (Å²) in [6, 6.07) is 0. The Bertz CT molecular complexity index is 313. The Kier molecular flexibility index (Phi) is 6.92. The van der Waals surface area contributed by atoms with Crippen LogP contribution in [-0.2, 0) is 9.59 Å². The van der Waals surface area contributed by atoms with Crippen LogP contribution in [0.25, 0.3) is 0 Å². The smallest absolute Gasteiger partial charge is 0.328 e. The van der Waals surface area contributed by atoms with Gasteiger partial charge in [-0.3, -0.25) is 4.79 Å². The fourth-order valence-corrected chi connectivity index (χ4v) is 1.29. The second kappa shape index (κ2) is 7.68. The van der Waals surface area contributed by atoms with Gasteiger partial charge in [0, 0.05) is 6.08 Å². The molecule has 0 aliphatic rings. The maximum atomic E-state index is 10.3. The summed E-state index contributed by atoms with van der Waals surface area (Å²) in [7, 11) is 0. The third-order valence-corrected chi connectivity index (χ3v) is 2.14. The lowest BCUT2D eigenvalue weighted by atomic mass is 10.1. The Balaban J connectivity index is 3.86. The molecule has 90 valence electrons. The fourth-order valence-electron chi connectivity index (χ4n) is 1.29. The maximum absolute atomic E-state index is 10.3. The molecule has 2 N–H and O–H groups in total. The summed E-state index contributed by atoms with van der Waals surface area (Å²) in [6.07, 6.45) is 5.32. The van der Waals surface area contributed by atoms with E-state index in [1.807, 2.05) is 6.92 Å². The summed E-state index contributed by atoms with van der Waals surface area (Å²) >= 11 is 0. The van der Waals surface area contributed by atoms with Crippen molar-refractivity contribution in [3.05, 3.63) is 23.3 Å². The minimum Gasteiger partial charge on any atom is -0.481 e. The van der Waals surface area contributed by atoms with Crippen LogP contribution in [0.5, 0.6) is 0 Å². The molecular formula is C12H18O4. The summed E-state index contributed by atoms with van der Waals surface area (Å²) in [4.78, 5) is 20.6. The lowest BCUT2D eigenvalue weighted by Gasteiger charge is -2.01. The first-order valence-electron chi connectivity index (χ1n) is 5.19. The van der Waals surface area contributed by atoms with Gasteiger partial charge in [-0.1, -0.05) is 17.2 Å². The fraction of sp³-hybridized carbons (Fsp3) is 0.500. The van der Waals surface area contributed by atoms with E-state index >= 15 is 0 Å². The molecule has 0 rings (SSSR count). The van der Waals surface area contributed by atoms with E-state index in [9.17, 15) is 9.59 Å². The molecule has 0 radical (unpaired) electrons. The van der Waals surface area contributed by atoms with Crippen molar-refractivity contribution in [3.8, 4) is 0 Å². The van der Waals surface area contributed by atoms with Gasteiger partial charge in [0.2, 0.25) is 0 Å². The lowest BCUT2D eigenvalue weighted by molar-refractivity contribution is -0.136. The van der Waals surface area contributed by atoms with Gasteiger partial charge in [0.05, 0.1) is 6.42 Å². The average molecular weight is 226 g/mol. The van der Waals surface area contributed by atoms with E-state index in [-0.39, 0.29) is 6.42 Å². The first-order chi connectivity index (χ1) is 7.41. The van der Waals surface area contributed by atoms with Crippen LogP contribution in [0.2, 0.25) is 0 Å². The van der Waals surface area contributed by atoms with Crippen LogP contribution in [0.4, 0.5) is 0 Å². The standard InChI is InChI=1S/C12H18O4/c1-9(6-7-11(13)14)4-3-5-10(2)8-12(15)16/h6,8H,3-5,7H2,1-2H3,(H,13,14)(H,15,16). The number of carbonyl (C=O) groups is 2. The van der Waals surface area contributed by atoms with Crippen molar-refractivity contribution in [2.45, 2.75) is 39.5 Å². The summed E-state index contributed by atoms with van der Waals surface area (Å²) in [6.45, 7) is 3.67. The van der Waals surface area contributed by atoms with Crippen LogP contribution < -0.4 is 0 Å². The van der Waals surface area contributed by atoms with Crippen molar-refractivity contribution in [2.24, 2.45) is 0 Å². The van der Waals surface area contributed by atoms with Gasteiger partial charge < -0.3 is 10.2 Å². The largest absolute Gasteiger partial charge is 0.481 e. The van der Waals surface area contributed by atoms with Gasteiger partial charge in [-0.2, -0.15) is 0 Å². The predicted molar refractivity (Wildman–Crippen MR) is 61.3 cm³/mol. The maximum Gasteiger partial charge on any atom is 0.328 e. The number of hydrogen-bond donors (Lipinski definition) is 2. The van der Waals surface area contributed by atoms with Crippen LogP contribution >= 0.6 is 0 Å². The van der Waals surface area contributed by atoms with Crippen LogP contribution in [-0.4, -0.2) is 22.2 Å². The molecule has 16 heavy (non-hydrogen) atoms. The van der Waals surface area contributed by atoms with E-state index in [0.29, 0.717) is 0 Å². The Morgan fingerprint density at radius 1 is 1.06 bits per heavy atom. The monoisotopic (exact) mass is 226 g/mol. The molecule has 0 aliphatic carbocycles. The van der Waals surface area contributed by atoms with Gasteiger partial charge in [0.1, 0.15) is 0 Å². The Morgan fingerprint density at radius 2 is 1.62 bits per heavy atom. The van der Waals surface area contributed by atoms with E-state index in [4.69, 9.17) is 10.2 Å². The van der Waals surface area contributed by atoms with Gasteiger partial charge in [0.25, 0.3) is 0 Å². The highest BCUT2D eigenvalue weighted by Crippen LogP contribution is 2.12. The number of carboxylic acid groups (broad SMARTS) is 2. The van der Waals surface area contributed by atoms with E-state index in [2.05, 4.69) is 0 Å². The zero-order chi connectivity index (χ0) is 12.6. The molecule has 4 nitrogen and oxygen atoms in total. The topological polar surface area (TPSA) is 74.6 Å². The number of hydrogen-bond acceptors (Lipinski definition) is 2. The molecule has 0 aromatic rings. The Hall–Kier alpha value is -1.58. The van der Waals surface area contributed by atoms with Gasteiger partial charge >= 0.3 is 11.9 Å². The van der Waals surface area contributed by atoms with Crippen molar-refractivity contribution in [2.75, 3.05) is 0 Å². The third kappa shape index (κ3) is 8.99. The summed E-state index contributed by atoms with van der Waals surface area (Å²) in [5.41, 5.74) is 1.86. The quantitative estimate of drug-likeness (QED) is 0.517. The minimum atomic E-state index is -0.921. The van der Waals surface area contributed by atoms with Crippen LogP contribution in [0.15, 0.2) is 23.3 Å². The van der Waals surface area contributed by atoms with E-state index < -0.39 is 11.9 Å². The molecule has 0 amide bonds. The second-order valence-corrected chi connectivity index (χ2v) is 3.83. The first-order valence-corrected chi connectivity index (χ1v) is 5.19. The average Bonchev–Trinajstić information content (AvgIpc) is 2.13. The van der Waals surface area contributed by atoms with E-state index in [1.165, 1.54) is 6.08 Å². The highest BCUT2D eigenvalue weighted by atomic mass is 16.4. The lowest BCUT2D eigenvalue weighted by Crippen LogP contribution is -1.92. The number of rotatable bonds is 7. The number of aliphatic carboxylic acids is 2. The molecule has 0 heterocycles. The minimum absolute atomic E-state index is 0.0514. The van der Waals surface area contributed by atoms with Crippen molar-refractivity contribution in [3.63, 3.8) is 0 Å². The van der Waals surface area contributed by atoms with Crippen molar-refractivity contribution in [1.82, 2.24) is 0 Å². The Morgan fingerprint density at radius 3 is 2.12 bits per heavy atom. The normalized spacial score (nSPS) is 12.6. The SMILES string of the molecule is CC(=CCC(=O)O)CCCC(C)=CC(=O)O. The molecule has 0 aromatic heterocycles. The molecule has 0 unspecified atom stereocenters. The van der Waals surface area contributed by atoms with Gasteiger partial charge in [-0.05, 0) is 33.1 Å². The summed E-state index contributed by atoms with van der Waals surface area (Å²) in [5.74, 6) is -1.75. The van der Waals surface area contributed by atoms with Gasteiger partial charge in [-0.25, -0.2) is 4.79 Å². The number of carboxylic acids is 2. The molecule has 0 fully saturated rings. The molecule has 0 saturated heterocycles. The zero-order valence-electron chi connectivity index (χ0n) is 9.69. The highest BCUT2D eigenvalue weighted by molar-refractivity contribution is 5.80. The van der Waals surface area contributed by atoms with Crippen LogP contribution in [0, 0.1) is 0 Å². The molecular weight excluding hydrogens is 208 g/mol. The van der Waals surface area contributed by atoms with Crippen molar-refractivity contribution < 1.29 is 19.8 Å². The molecule has 4 heteroatoms.